The molecule has 7 heteroatoms. The molecular formula is C11H15N5O2. The number of rotatable bonds is 1. The summed E-state index contributed by atoms with van der Waals surface area (Å²) < 4.78 is 68.9. The number of hydrogen-bond acceptors (Lipinski definition) is 6. The van der Waals surface area contributed by atoms with E-state index in [-0.39, 0.29) is 16.3 Å². The Hall–Kier alpha value is -1.89. The quantitative estimate of drug-likeness (QED) is 0.763. The fourth-order valence-corrected chi connectivity index (χ4v) is 1.72. The van der Waals surface area contributed by atoms with E-state index in [0.29, 0.717) is 0 Å². The molecule has 2 aliphatic heterocycles. The van der Waals surface area contributed by atoms with Crippen LogP contribution in [0.1, 0.15) is 29.6 Å². The van der Waals surface area contributed by atoms with Crippen LogP contribution in [0, 0.1) is 0 Å². The molecule has 0 aliphatic carbocycles. The van der Waals surface area contributed by atoms with Crippen LogP contribution in [-0.4, -0.2) is 42.0 Å². The summed E-state index contributed by atoms with van der Waals surface area (Å²) in [5.41, 5.74) is 0.00773. The van der Waals surface area contributed by atoms with Crippen molar-refractivity contribution >= 4 is 17.7 Å². The molecule has 1 aromatic heterocycles. The molecule has 7 nitrogen and oxygen atoms in total. The maximum Gasteiger partial charge on any atom is 0.413 e. The van der Waals surface area contributed by atoms with Crippen molar-refractivity contribution in [2.75, 3.05) is 36.2 Å². The molecule has 1 aromatic rings. The van der Waals surface area contributed by atoms with E-state index in [9.17, 15) is 4.79 Å². The second-order valence-corrected chi connectivity index (χ2v) is 3.57. The molecule has 0 radical (unpaired) electrons. The zero-order valence-corrected chi connectivity index (χ0v) is 9.31. The number of carbonyl (C=O) groups is 1. The zero-order valence-electron chi connectivity index (χ0n) is 17.3. The smallest absolute Gasteiger partial charge is 0.413 e. The first-order chi connectivity index (χ1) is 11.7. The van der Waals surface area contributed by atoms with E-state index in [4.69, 9.17) is 15.7 Å². The Bertz CT molecular complexity index is 747. The number of nitrogens with one attached hydrogen (secondary N) is 2. The molecule has 18 heavy (non-hydrogen) atoms. The highest BCUT2D eigenvalue weighted by Gasteiger charge is 2.29. The number of hydrogen-bond donors (Lipinski definition) is 2. The van der Waals surface area contributed by atoms with Crippen molar-refractivity contribution in [2.45, 2.75) is 13.0 Å². The number of cyclic esters (lactones) is 1. The summed E-state index contributed by atoms with van der Waals surface area (Å²) in [5.74, 6) is -0.475. The van der Waals surface area contributed by atoms with Crippen LogP contribution in [0.2, 0.25) is 0 Å². The van der Waals surface area contributed by atoms with Gasteiger partial charge in [0.25, 0.3) is 0 Å². The molecule has 1 atom stereocenters. The van der Waals surface area contributed by atoms with Gasteiger partial charge in [-0.2, -0.15) is 0 Å². The number of piperazine rings is 1. The first kappa shape index (κ1) is 5.40. The largest absolute Gasteiger partial charge is 0.441 e. The summed E-state index contributed by atoms with van der Waals surface area (Å²) in [7, 11) is 0. The Kier molecular flexibility index (Phi) is 1.32. The first-order valence-electron chi connectivity index (χ1n) is 9.14. The van der Waals surface area contributed by atoms with E-state index in [1.165, 1.54) is 6.92 Å². The van der Waals surface area contributed by atoms with E-state index < -0.39 is 44.0 Å². The van der Waals surface area contributed by atoms with Crippen LogP contribution in [0.3, 0.4) is 0 Å². The Labute approximate surface area is 116 Å². The van der Waals surface area contributed by atoms with E-state index in [1.54, 1.807) is 5.32 Å². The van der Waals surface area contributed by atoms with Crippen molar-refractivity contribution in [3.63, 3.8) is 0 Å². The standard InChI is InChI=1S/C11H15N5O2/c1-7-8-9(15-11(17)18-7)13-6-14-10(8)16-4-2-12-3-5-16/h6-7,12H,2-5H2,1H3,(H,13,14,15,17)/t7-/m0/s1/i2D2,3D2,4D2,5D2. The van der Waals surface area contributed by atoms with Gasteiger partial charge >= 0.3 is 6.09 Å². The van der Waals surface area contributed by atoms with Gasteiger partial charge in [0.15, 0.2) is 0 Å². The average molecular weight is 257 g/mol. The van der Waals surface area contributed by atoms with E-state index >= 15 is 0 Å². The molecule has 0 unspecified atom stereocenters. The summed E-state index contributed by atoms with van der Waals surface area (Å²) in [6.45, 7) is -10.6. The lowest BCUT2D eigenvalue weighted by atomic mass is 10.1. The van der Waals surface area contributed by atoms with Gasteiger partial charge in [0, 0.05) is 31.5 Å². The molecule has 2 N–H and O–H groups in total. The van der Waals surface area contributed by atoms with Crippen LogP contribution in [0.5, 0.6) is 0 Å². The summed E-state index contributed by atoms with van der Waals surface area (Å²) in [5, 5.41) is 4.02. The van der Waals surface area contributed by atoms with Crippen LogP contribution < -0.4 is 15.5 Å². The predicted octanol–water partition coefficient (Wildman–Crippen LogP) is 0.509. The average Bonchev–Trinajstić information content (AvgIpc) is 2.43. The lowest BCUT2D eigenvalue weighted by Gasteiger charge is -2.32. The van der Waals surface area contributed by atoms with Crippen LogP contribution >= 0.6 is 0 Å². The second-order valence-electron chi connectivity index (χ2n) is 3.57. The molecule has 3 heterocycles. The molecule has 1 amide bonds. The summed E-state index contributed by atoms with van der Waals surface area (Å²) in [4.78, 5) is 19.5. The monoisotopic (exact) mass is 257 g/mol. The molecular weight excluding hydrogens is 234 g/mol. The van der Waals surface area contributed by atoms with Gasteiger partial charge in [-0.1, -0.05) is 0 Å². The van der Waals surface area contributed by atoms with Gasteiger partial charge in [0.1, 0.15) is 24.1 Å². The molecule has 0 spiro atoms. The summed E-state index contributed by atoms with van der Waals surface area (Å²) >= 11 is 0. The predicted molar refractivity (Wildman–Crippen MR) is 65.6 cm³/mol. The van der Waals surface area contributed by atoms with Gasteiger partial charge in [-0.15, -0.1) is 0 Å². The molecule has 3 rings (SSSR count). The van der Waals surface area contributed by atoms with Gasteiger partial charge in [-0.25, -0.2) is 14.8 Å². The molecule has 0 saturated carbocycles. The summed E-state index contributed by atoms with van der Waals surface area (Å²) in [6.07, 6.45) is -0.869. The molecule has 2 aliphatic rings. The van der Waals surface area contributed by atoms with Gasteiger partial charge in [0.05, 0.1) is 11.0 Å². The van der Waals surface area contributed by atoms with E-state index in [0.717, 1.165) is 6.33 Å². The van der Waals surface area contributed by atoms with Gasteiger partial charge < -0.3 is 15.0 Å². The Morgan fingerprint density at radius 3 is 3.06 bits per heavy atom. The van der Waals surface area contributed by atoms with E-state index in [2.05, 4.69) is 15.3 Å². The third kappa shape index (κ3) is 1.86. The Morgan fingerprint density at radius 1 is 1.50 bits per heavy atom. The number of nitrogens with zero attached hydrogens (tertiary/aromatic N) is 3. The minimum Gasteiger partial charge on any atom is -0.441 e. The van der Waals surface area contributed by atoms with E-state index in [1.807, 2.05) is 0 Å². The number of aromatic nitrogens is 2. The van der Waals surface area contributed by atoms with Gasteiger partial charge in [0.2, 0.25) is 0 Å². The Balaban J connectivity index is 2.27. The van der Waals surface area contributed by atoms with Crippen molar-refractivity contribution in [2.24, 2.45) is 0 Å². The molecule has 1 fully saturated rings. The van der Waals surface area contributed by atoms with Crippen molar-refractivity contribution in [3.8, 4) is 0 Å². The van der Waals surface area contributed by atoms with Crippen LogP contribution in [-0.2, 0) is 4.74 Å². The number of fused-ring (bicyclic) bond motifs is 1. The van der Waals surface area contributed by atoms with Crippen molar-refractivity contribution in [3.05, 3.63) is 11.9 Å². The second kappa shape index (κ2) is 4.41. The zero-order chi connectivity index (χ0) is 19.7. The van der Waals surface area contributed by atoms with Gasteiger partial charge in [-0.05, 0) is 6.92 Å². The topological polar surface area (TPSA) is 79.4 Å². The van der Waals surface area contributed by atoms with Crippen LogP contribution in [0.25, 0.3) is 0 Å². The molecule has 0 bridgehead atoms. The number of ether oxygens (including phenoxy) is 1. The molecule has 96 valence electrons. The van der Waals surface area contributed by atoms with Crippen molar-refractivity contribution in [1.29, 1.82) is 0 Å². The third-order valence-corrected chi connectivity index (χ3v) is 2.45. The van der Waals surface area contributed by atoms with Crippen molar-refractivity contribution in [1.82, 2.24) is 15.3 Å². The fourth-order valence-electron chi connectivity index (χ4n) is 1.72. The maximum atomic E-state index is 11.5. The number of amides is 1. The fraction of sp³-hybridized carbons (Fsp3) is 0.545. The molecule has 1 saturated heterocycles. The minimum atomic E-state index is -3.05. The SMILES string of the molecule is [2H]C1([2H])NC([2H])([2H])C([2H])([2H])N(c2ncnc3c2[C@H](C)OC(=O)N3)C1([2H])[2H]. The van der Waals surface area contributed by atoms with Crippen LogP contribution in [0.15, 0.2) is 6.33 Å². The number of carbonyl (C=O) groups excluding carboxylic acids is 1. The lowest BCUT2D eigenvalue weighted by Crippen LogP contribution is -2.44. The number of anilines is 2. The first-order valence-corrected chi connectivity index (χ1v) is 5.14. The minimum absolute atomic E-state index is 0.00773. The highest BCUT2D eigenvalue weighted by Crippen LogP contribution is 2.34. The maximum absolute atomic E-state index is 11.5. The third-order valence-electron chi connectivity index (χ3n) is 2.45. The Morgan fingerprint density at radius 2 is 2.28 bits per heavy atom. The van der Waals surface area contributed by atoms with Crippen LogP contribution in [0.4, 0.5) is 16.4 Å². The lowest BCUT2D eigenvalue weighted by molar-refractivity contribution is 0.116. The highest BCUT2D eigenvalue weighted by molar-refractivity contribution is 5.88. The normalized spacial score (nSPS) is 40.8. The van der Waals surface area contributed by atoms with Gasteiger partial charge in [-0.3, -0.25) is 5.32 Å². The highest BCUT2D eigenvalue weighted by atomic mass is 16.6. The summed E-state index contributed by atoms with van der Waals surface area (Å²) in [6, 6.07) is 0. The van der Waals surface area contributed by atoms with Crippen molar-refractivity contribution < 1.29 is 20.5 Å². The molecule has 0 aromatic carbocycles.